The molecule has 2 aromatic rings. The first-order valence-corrected chi connectivity index (χ1v) is 10.4. The molecule has 8 nitrogen and oxygen atoms in total. The summed E-state index contributed by atoms with van der Waals surface area (Å²) in [7, 11) is 3.04. The lowest BCUT2D eigenvalue weighted by atomic mass is 10.0. The number of anilines is 2. The van der Waals surface area contributed by atoms with Crippen LogP contribution in [0.5, 0.6) is 0 Å². The highest BCUT2D eigenvalue weighted by molar-refractivity contribution is 7.98. The molecule has 0 heterocycles. The molecule has 0 radical (unpaired) electrons. The van der Waals surface area contributed by atoms with E-state index in [9.17, 15) is 14.0 Å². The van der Waals surface area contributed by atoms with E-state index in [1.165, 1.54) is 26.3 Å². The van der Waals surface area contributed by atoms with Crippen LogP contribution in [0, 0.1) is 5.82 Å². The summed E-state index contributed by atoms with van der Waals surface area (Å²) < 4.78 is 20.8. The van der Waals surface area contributed by atoms with Crippen LogP contribution < -0.4 is 26.4 Å². The second-order valence-electron chi connectivity index (χ2n) is 6.76. The summed E-state index contributed by atoms with van der Waals surface area (Å²) in [5, 5.41) is 7.77. The average molecular weight is 470 g/mol. The van der Waals surface area contributed by atoms with Gasteiger partial charge in [-0.25, -0.2) is 14.0 Å². The van der Waals surface area contributed by atoms with Crippen molar-refractivity contribution < 1.29 is 18.7 Å². The highest BCUT2D eigenvalue weighted by Crippen LogP contribution is 2.36. The van der Waals surface area contributed by atoms with Gasteiger partial charge in [0.05, 0.1) is 27.8 Å². The molecular formula is C20H25ClFN5O3S. The van der Waals surface area contributed by atoms with Crippen molar-refractivity contribution in [2.45, 2.75) is 18.2 Å². The number of urea groups is 2. The number of rotatable bonds is 8. The summed E-state index contributed by atoms with van der Waals surface area (Å²) in [6.45, 7) is 2.28. The molecule has 0 aliphatic rings. The predicted molar refractivity (Wildman–Crippen MR) is 123 cm³/mol. The number of nitrogens with two attached hydrogens (primary N) is 1. The van der Waals surface area contributed by atoms with Gasteiger partial charge >= 0.3 is 12.1 Å². The van der Waals surface area contributed by atoms with Crippen molar-refractivity contribution in [1.82, 2.24) is 15.4 Å². The Labute approximate surface area is 189 Å². The topological polar surface area (TPSA) is 118 Å². The summed E-state index contributed by atoms with van der Waals surface area (Å²) >= 11 is 7.00. The molecule has 0 saturated heterocycles. The Morgan fingerprint density at radius 2 is 2.00 bits per heavy atom. The zero-order valence-corrected chi connectivity index (χ0v) is 18.9. The van der Waals surface area contributed by atoms with Crippen molar-refractivity contribution in [2.75, 3.05) is 31.8 Å². The number of carbonyl (C=O) groups excluding carboxylic acids is 2. The molecule has 168 valence electrons. The van der Waals surface area contributed by atoms with Gasteiger partial charge in [0.25, 0.3) is 0 Å². The Morgan fingerprint density at radius 3 is 2.65 bits per heavy atom. The predicted octanol–water partition coefficient (Wildman–Crippen LogP) is 3.82. The average Bonchev–Trinajstić information content (AvgIpc) is 2.74. The Kier molecular flexibility index (Phi) is 8.78. The molecule has 0 saturated carbocycles. The van der Waals surface area contributed by atoms with Crippen LogP contribution >= 0.6 is 23.5 Å². The smallest absolute Gasteiger partial charge is 0.329 e. The fourth-order valence-electron chi connectivity index (χ4n) is 2.72. The number of carbonyl (C=O) groups is 2. The van der Waals surface area contributed by atoms with Crippen molar-refractivity contribution in [1.29, 1.82) is 0 Å². The highest BCUT2D eigenvalue weighted by atomic mass is 35.5. The number of methoxy groups -OCH3 is 1. The standard InChI is InChI=1S/C20H25ClFN5O3S/c1-20(11-30-3,13-7-8-15(22)14(21)9-13)31-27-19(29)26-16-6-4-5-12(17(16)23)10-25-18(28)24-2/h4-9H,10-11,23H2,1-3H3,(H2,24,25,28)(H2,26,27,29)/t20-/m1/s1. The molecule has 31 heavy (non-hydrogen) atoms. The monoisotopic (exact) mass is 469 g/mol. The van der Waals surface area contributed by atoms with Gasteiger partial charge in [-0.15, -0.1) is 0 Å². The van der Waals surface area contributed by atoms with Gasteiger partial charge in [0.15, 0.2) is 0 Å². The zero-order valence-electron chi connectivity index (χ0n) is 17.3. The second-order valence-corrected chi connectivity index (χ2v) is 8.48. The Balaban J connectivity index is 2.07. The number of halogens is 2. The lowest BCUT2D eigenvalue weighted by molar-refractivity contribution is 0.173. The molecule has 4 amide bonds. The summed E-state index contributed by atoms with van der Waals surface area (Å²) in [4.78, 5) is 23.8. The van der Waals surface area contributed by atoms with E-state index in [1.54, 1.807) is 24.3 Å². The molecule has 0 unspecified atom stereocenters. The first-order chi connectivity index (χ1) is 14.7. The van der Waals surface area contributed by atoms with Crippen molar-refractivity contribution in [3.05, 3.63) is 58.4 Å². The van der Waals surface area contributed by atoms with E-state index in [4.69, 9.17) is 22.1 Å². The van der Waals surface area contributed by atoms with E-state index in [1.807, 2.05) is 6.92 Å². The Morgan fingerprint density at radius 1 is 1.26 bits per heavy atom. The van der Waals surface area contributed by atoms with E-state index in [-0.39, 0.29) is 24.2 Å². The van der Waals surface area contributed by atoms with Crippen molar-refractivity contribution in [2.24, 2.45) is 0 Å². The van der Waals surface area contributed by atoms with Crippen molar-refractivity contribution in [3.63, 3.8) is 0 Å². The van der Waals surface area contributed by atoms with E-state index in [2.05, 4.69) is 20.7 Å². The second kappa shape index (κ2) is 11.1. The van der Waals surface area contributed by atoms with Crippen LogP contribution in [0.15, 0.2) is 36.4 Å². The molecular weight excluding hydrogens is 445 g/mol. The number of para-hydroxylation sites is 1. The van der Waals surface area contributed by atoms with E-state index in [0.29, 0.717) is 22.5 Å². The van der Waals surface area contributed by atoms with Crippen LogP contribution in [0.1, 0.15) is 18.1 Å². The normalized spacial score (nSPS) is 12.5. The minimum absolute atomic E-state index is 0.0140. The molecule has 2 aromatic carbocycles. The van der Waals surface area contributed by atoms with Crippen molar-refractivity contribution >= 4 is 47.0 Å². The highest BCUT2D eigenvalue weighted by Gasteiger charge is 2.30. The summed E-state index contributed by atoms with van der Waals surface area (Å²) in [6.07, 6.45) is 0. The largest absolute Gasteiger partial charge is 0.397 e. The van der Waals surface area contributed by atoms with Crippen LogP contribution in [0.25, 0.3) is 0 Å². The van der Waals surface area contributed by atoms with Gasteiger partial charge in [-0.1, -0.05) is 29.8 Å². The van der Waals surface area contributed by atoms with E-state index < -0.39 is 16.6 Å². The molecule has 0 aliphatic heterocycles. The van der Waals surface area contributed by atoms with E-state index >= 15 is 0 Å². The lowest BCUT2D eigenvalue weighted by Crippen LogP contribution is -2.33. The van der Waals surface area contributed by atoms with Gasteiger partial charge in [0.1, 0.15) is 5.82 Å². The minimum Gasteiger partial charge on any atom is -0.397 e. The van der Waals surface area contributed by atoms with E-state index in [0.717, 1.165) is 11.9 Å². The van der Waals surface area contributed by atoms with Crippen LogP contribution in [0.2, 0.25) is 5.02 Å². The lowest BCUT2D eigenvalue weighted by Gasteiger charge is -2.28. The molecule has 1 atom stereocenters. The van der Waals surface area contributed by atoms with Crippen molar-refractivity contribution in [3.8, 4) is 0 Å². The third-order valence-electron chi connectivity index (χ3n) is 4.43. The molecule has 0 fully saturated rings. The fraction of sp³-hybridized carbons (Fsp3) is 0.300. The zero-order chi connectivity index (χ0) is 23.0. The minimum atomic E-state index is -0.728. The SMILES string of the molecule is CNC(=O)NCc1cccc(NC(=O)NS[C@](C)(COC)c2ccc(F)c(Cl)c2)c1N. The third-order valence-corrected chi connectivity index (χ3v) is 5.81. The summed E-state index contributed by atoms with van der Waals surface area (Å²) in [5.41, 5.74) is 8.19. The van der Waals surface area contributed by atoms with Gasteiger partial charge in [0, 0.05) is 20.7 Å². The molecule has 0 aliphatic carbocycles. The van der Waals surface area contributed by atoms with Gasteiger partial charge in [-0.3, -0.25) is 4.72 Å². The molecule has 0 bridgehead atoms. The Hall–Kier alpha value is -2.69. The quantitative estimate of drug-likeness (QED) is 0.297. The van der Waals surface area contributed by atoms with Gasteiger partial charge in [-0.2, -0.15) is 0 Å². The van der Waals surface area contributed by atoms with Crippen LogP contribution in [0.3, 0.4) is 0 Å². The first-order valence-electron chi connectivity index (χ1n) is 9.22. The number of amides is 4. The van der Waals surface area contributed by atoms with Gasteiger partial charge in [0.2, 0.25) is 0 Å². The maximum atomic E-state index is 13.5. The van der Waals surface area contributed by atoms with Crippen LogP contribution in [-0.4, -0.2) is 32.8 Å². The number of hydrogen-bond acceptors (Lipinski definition) is 5. The van der Waals surface area contributed by atoms with Crippen LogP contribution in [-0.2, 0) is 16.0 Å². The maximum absolute atomic E-state index is 13.5. The summed E-state index contributed by atoms with van der Waals surface area (Å²) in [6, 6.07) is 8.63. The van der Waals surface area contributed by atoms with Gasteiger partial charge < -0.3 is 26.4 Å². The van der Waals surface area contributed by atoms with Crippen LogP contribution in [0.4, 0.5) is 25.4 Å². The molecule has 11 heteroatoms. The number of hydrogen-bond donors (Lipinski definition) is 5. The first kappa shape index (κ1) is 24.6. The summed E-state index contributed by atoms with van der Waals surface area (Å²) in [5.74, 6) is -0.526. The number of nitrogens with one attached hydrogen (secondary N) is 4. The maximum Gasteiger partial charge on any atom is 0.329 e. The third kappa shape index (κ3) is 6.65. The number of ether oxygens (including phenoxy) is 1. The molecule has 6 N–H and O–H groups in total. The number of nitrogen functional groups attached to an aromatic ring is 1. The Bertz CT molecular complexity index is 949. The molecule has 2 rings (SSSR count). The number of benzene rings is 2. The fourth-order valence-corrected chi connectivity index (χ4v) is 3.69. The van der Waals surface area contributed by atoms with Gasteiger partial charge in [-0.05, 0) is 48.2 Å². The molecule has 0 spiro atoms. The molecule has 0 aromatic heterocycles.